The quantitative estimate of drug-likeness (QED) is 0.895. The van der Waals surface area contributed by atoms with Crippen molar-refractivity contribution in [1.29, 1.82) is 0 Å². The van der Waals surface area contributed by atoms with Crippen molar-refractivity contribution >= 4 is 0 Å². The molecule has 0 spiro atoms. The molecule has 2 aromatic rings. The van der Waals surface area contributed by atoms with Crippen molar-refractivity contribution in [1.82, 2.24) is 4.98 Å². The van der Waals surface area contributed by atoms with Crippen LogP contribution in [-0.2, 0) is 6.61 Å². The van der Waals surface area contributed by atoms with Gasteiger partial charge in [0.05, 0.1) is 20.8 Å². The molecule has 100 valence electrons. The van der Waals surface area contributed by atoms with Crippen molar-refractivity contribution in [2.24, 2.45) is 0 Å². The molecule has 0 atom stereocenters. The van der Waals surface area contributed by atoms with Crippen LogP contribution in [0.5, 0.6) is 23.1 Å². The highest BCUT2D eigenvalue weighted by Crippen LogP contribution is 2.30. The number of rotatable bonds is 5. The Morgan fingerprint density at radius 3 is 2.11 bits per heavy atom. The molecule has 0 saturated carbocycles. The molecular weight excluding hydrogens is 246 g/mol. The van der Waals surface area contributed by atoms with Gasteiger partial charge in [0.2, 0.25) is 5.88 Å². The summed E-state index contributed by atoms with van der Waals surface area (Å²) in [5, 5.41) is 8.94. The van der Waals surface area contributed by atoms with Crippen LogP contribution in [0.25, 0.3) is 0 Å². The summed E-state index contributed by atoms with van der Waals surface area (Å²) in [6.45, 7) is -0.0414. The molecule has 1 aromatic heterocycles. The second kappa shape index (κ2) is 6.06. The Bertz CT molecular complexity index is 517. The normalized spacial score (nSPS) is 10.1. The van der Waals surface area contributed by atoms with Gasteiger partial charge in [-0.1, -0.05) is 0 Å². The molecule has 5 heteroatoms. The molecule has 1 heterocycles. The first kappa shape index (κ1) is 13.2. The number of pyridine rings is 1. The first-order valence-corrected chi connectivity index (χ1v) is 5.72. The van der Waals surface area contributed by atoms with Crippen LogP contribution in [0.15, 0.2) is 36.5 Å². The highest BCUT2D eigenvalue weighted by Gasteiger charge is 2.05. The van der Waals surface area contributed by atoms with E-state index in [1.807, 2.05) is 0 Å². The van der Waals surface area contributed by atoms with E-state index in [2.05, 4.69) is 4.98 Å². The third-order valence-electron chi connectivity index (χ3n) is 2.53. The van der Waals surface area contributed by atoms with Gasteiger partial charge in [0.1, 0.15) is 17.2 Å². The lowest BCUT2D eigenvalue weighted by Gasteiger charge is -2.09. The Morgan fingerprint density at radius 2 is 1.63 bits per heavy atom. The monoisotopic (exact) mass is 261 g/mol. The molecule has 0 saturated heterocycles. The summed E-state index contributed by atoms with van der Waals surface area (Å²) < 4.78 is 15.9. The van der Waals surface area contributed by atoms with Crippen LogP contribution in [0, 0.1) is 0 Å². The minimum atomic E-state index is -0.0414. The molecule has 0 amide bonds. The Hall–Kier alpha value is -2.27. The molecular formula is C14H15NO4. The van der Waals surface area contributed by atoms with Gasteiger partial charge in [-0.25, -0.2) is 4.98 Å². The summed E-state index contributed by atoms with van der Waals surface area (Å²) in [6, 6.07) is 8.68. The first-order chi connectivity index (χ1) is 9.25. The third kappa shape index (κ3) is 3.35. The molecule has 1 N–H and O–H groups in total. The maximum absolute atomic E-state index is 8.94. The lowest BCUT2D eigenvalue weighted by Crippen LogP contribution is -1.92. The zero-order valence-corrected chi connectivity index (χ0v) is 10.8. The summed E-state index contributed by atoms with van der Waals surface area (Å²) in [5.74, 6) is 2.29. The van der Waals surface area contributed by atoms with Crippen molar-refractivity contribution in [3.8, 4) is 23.1 Å². The maximum atomic E-state index is 8.94. The molecule has 0 aliphatic carbocycles. The van der Waals surface area contributed by atoms with Gasteiger partial charge in [0, 0.05) is 30.5 Å². The number of aliphatic hydroxyl groups excluding tert-OH is 1. The van der Waals surface area contributed by atoms with Crippen LogP contribution in [0.1, 0.15) is 5.56 Å². The van der Waals surface area contributed by atoms with E-state index in [9.17, 15) is 0 Å². The van der Waals surface area contributed by atoms with E-state index in [1.165, 1.54) is 0 Å². The number of methoxy groups -OCH3 is 2. The van der Waals surface area contributed by atoms with E-state index in [1.54, 1.807) is 50.7 Å². The van der Waals surface area contributed by atoms with E-state index >= 15 is 0 Å². The van der Waals surface area contributed by atoms with Gasteiger partial charge in [-0.05, 0) is 11.6 Å². The van der Waals surface area contributed by atoms with Crippen molar-refractivity contribution < 1.29 is 19.3 Å². The number of hydrogen-bond acceptors (Lipinski definition) is 5. The zero-order chi connectivity index (χ0) is 13.7. The van der Waals surface area contributed by atoms with Crippen molar-refractivity contribution in [3.63, 3.8) is 0 Å². The van der Waals surface area contributed by atoms with E-state index in [4.69, 9.17) is 19.3 Å². The number of hydrogen-bond donors (Lipinski definition) is 1. The van der Waals surface area contributed by atoms with Gasteiger partial charge in [-0.3, -0.25) is 0 Å². The van der Waals surface area contributed by atoms with Crippen molar-refractivity contribution in [2.45, 2.75) is 6.61 Å². The van der Waals surface area contributed by atoms with Gasteiger partial charge >= 0.3 is 0 Å². The molecule has 0 bridgehead atoms. The summed E-state index contributed by atoms with van der Waals surface area (Å²) in [5.41, 5.74) is 0.732. The van der Waals surface area contributed by atoms with Crippen LogP contribution in [0.2, 0.25) is 0 Å². The van der Waals surface area contributed by atoms with Gasteiger partial charge in [0.15, 0.2) is 0 Å². The molecule has 0 aliphatic heterocycles. The summed E-state index contributed by atoms with van der Waals surface area (Å²) in [7, 11) is 3.15. The number of ether oxygens (including phenoxy) is 3. The predicted octanol–water partition coefficient (Wildman–Crippen LogP) is 2.38. The van der Waals surface area contributed by atoms with E-state index in [0.717, 1.165) is 5.56 Å². The van der Waals surface area contributed by atoms with Crippen LogP contribution in [0.4, 0.5) is 0 Å². The first-order valence-electron chi connectivity index (χ1n) is 5.72. The predicted molar refractivity (Wildman–Crippen MR) is 69.8 cm³/mol. The zero-order valence-electron chi connectivity index (χ0n) is 10.8. The lowest BCUT2D eigenvalue weighted by atomic mass is 10.3. The average Bonchev–Trinajstić information content (AvgIpc) is 2.47. The van der Waals surface area contributed by atoms with Crippen LogP contribution in [0.3, 0.4) is 0 Å². The fourth-order valence-electron chi connectivity index (χ4n) is 1.53. The minimum absolute atomic E-state index is 0.0414. The van der Waals surface area contributed by atoms with Crippen molar-refractivity contribution in [3.05, 3.63) is 42.1 Å². The minimum Gasteiger partial charge on any atom is -0.496 e. The Morgan fingerprint density at radius 1 is 1.00 bits per heavy atom. The van der Waals surface area contributed by atoms with Crippen LogP contribution in [-0.4, -0.2) is 24.3 Å². The van der Waals surface area contributed by atoms with E-state index in [0.29, 0.717) is 23.1 Å². The van der Waals surface area contributed by atoms with Crippen molar-refractivity contribution in [2.75, 3.05) is 14.2 Å². The smallest absolute Gasteiger partial charge is 0.219 e. The second-order valence-corrected chi connectivity index (χ2v) is 3.81. The Kier molecular flexibility index (Phi) is 4.20. The summed E-state index contributed by atoms with van der Waals surface area (Å²) in [4.78, 5) is 4.09. The fraction of sp³-hybridized carbons (Fsp3) is 0.214. The molecule has 2 rings (SSSR count). The van der Waals surface area contributed by atoms with E-state index in [-0.39, 0.29) is 6.61 Å². The van der Waals surface area contributed by atoms with Gasteiger partial charge in [0.25, 0.3) is 0 Å². The molecule has 0 aliphatic rings. The number of aliphatic hydroxyl groups is 1. The van der Waals surface area contributed by atoms with Gasteiger partial charge < -0.3 is 19.3 Å². The number of aromatic nitrogens is 1. The molecule has 19 heavy (non-hydrogen) atoms. The van der Waals surface area contributed by atoms with Crippen LogP contribution < -0.4 is 14.2 Å². The second-order valence-electron chi connectivity index (χ2n) is 3.81. The summed E-state index contributed by atoms with van der Waals surface area (Å²) >= 11 is 0. The third-order valence-corrected chi connectivity index (χ3v) is 2.53. The molecule has 1 aromatic carbocycles. The summed E-state index contributed by atoms with van der Waals surface area (Å²) in [6.07, 6.45) is 1.56. The molecule has 0 fully saturated rings. The van der Waals surface area contributed by atoms with Gasteiger partial charge in [-0.15, -0.1) is 0 Å². The standard InChI is InChI=1S/C14H15NO4/c1-17-11-5-12(18-2)7-13(6-11)19-14-4-3-10(9-16)8-15-14/h3-8,16H,9H2,1-2H3. The number of benzene rings is 1. The Balaban J connectivity index is 2.21. The highest BCUT2D eigenvalue weighted by molar-refractivity contribution is 5.43. The number of nitrogens with zero attached hydrogens (tertiary/aromatic N) is 1. The SMILES string of the molecule is COc1cc(OC)cc(Oc2ccc(CO)cn2)c1. The molecule has 0 unspecified atom stereocenters. The maximum Gasteiger partial charge on any atom is 0.219 e. The molecule has 0 radical (unpaired) electrons. The average molecular weight is 261 g/mol. The van der Waals surface area contributed by atoms with Gasteiger partial charge in [-0.2, -0.15) is 0 Å². The lowest BCUT2D eigenvalue weighted by molar-refractivity contribution is 0.281. The highest BCUT2D eigenvalue weighted by atomic mass is 16.5. The Labute approximate surface area is 111 Å². The molecule has 5 nitrogen and oxygen atoms in total. The van der Waals surface area contributed by atoms with Crippen LogP contribution >= 0.6 is 0 Å². The largest absolute Gasteiger partial charge is 0.496 e. The van der Waals surface area contributed by atoms with E-state index < -0.39 is 0 Å². The fourth-order valence-corrected chi connectivity index (χ4v) is 1.53. The topological polar surface area (TPSA) is 60.8 Å².